The van der Waals surface area contributed by atoms with Gasteiger partial charge >= 0.3 is 0 Å². The quantitative estimate of drug-likeness (QED) is 0.539. The fraction of sp³-hybridized carbons (Fsp3) is 0.143. The molecule has 4 rings (SSSR count). The first kappa shape index (κ1) is 17.3. The van der Waals surface area contributed by atoms with E-state index in [2.05, 4.69) is 10.3 Å². The van der Waals surface area contributed by atoms with Crippen LogP contribution in [0.4, 0.5) is 0 Å². The molecule has 136 valence electrons. The van der Waals surface area contributed by atoms with Gasteiger partial charge in [0, 0.05) is 0 Å². The van der Waals surface area contributed by atoms with E-state index < -0.39 is 0 Å². The van der Waals surface area contributed by atoms with Crippen molar-refractivity contribution < 1.29 is 13.9 Å². The largest absolute Gasteiger partial charge is 0.497 e. The third-order valence-electron chi connectivity index (χ3n) is 4.12. The van der Waals surface area contributed by atoms with Gasteiger partial charge in [0.05, 0.1) is 30.3 Å². The van der Waals surface area contributed by atoms with Crippen LogP contribution in [0.3, 0.4) is 0 Å². The predicted molar refractivity (Wildman–Crippen MR) is 106 cm³/mol. The minimum absolute atomic E-state index is 0.0683. The van der Waals surface area contributed by atoms with Crippen molar-refractivity contribution in [3.63, 3.8) is 0 Å². The number of nitrogens with one attached hydrogen (secondary N) is 1. The van der Waals surface area contributed by atoms with Crippen LogP contribution in [-0.2, 0) is 17.8 Å². The second-order valence-electron chi connectivity index (χ2n) is 6.06. The molecule has 0 spiro atoms. The number of rotatable bonds is 6. The Morgan fingerprint density at radius 2 is 2.04 bits per heavy atom. The molecule has 0 unspecified atom stereocenters. The van der Waals surface area contributed by atoms with Crippen LogP contribution in [0.15, 0.2) is 65.1 Å². The summed E-state index contributed by atoms with van der Waals surface area (Å²) >= 11 is 1.59. The van der Waals surface area contributed by atoms with Gasteiger partial charge in [0.1, 0.15) is 11.5 Å². The number of methoxy groups -OCH3 is 1. The number of carbonyl (C=O) groups excluding carboxylic acids is 1. The second-order valence-corrected chi connectivity index (χ2v) is 7.09. The van der Waals surface area contributed by atoms with Crippen molar-refractivity contribution in [2.45, 2.75) is 13.0 Å². The van der Waals surface area contributed by atoms with E-state index in [0.717, 1.165) is 26.5 Å². The molecule has 0 bridgehead atoms. The summed E-state index contributed by atoms with van der Waals surface area (Å²) in [7, 11) is 1.61. The zero-order valence-corrected chi connectivity index (χ0v) is 15.6. The van der Waals surface area contributed by atoms with Gasteiger partial charge in [-0.3, -0.25) is 4.79 Å². The predicted octanol–water partition coefficient (Wildman–Crippen LogP) is 4.42. The van der Waals surface area contributed by atoms with Crippen LogP contribution in [0.5, 0.6) is 5.75 Å². The average Bonchev–Trinajstić information content (AvgIpc) is 3.33. The Morgan fingerprint density at radius 3 is 2.89 bits per heavy atom. The van der Waals surface area contributed by atoms with E-state index >= 15 is 0 Å². The number of para-hydroxylation sites is 1. The molecule has 2 heterocycles. The number of aromatic nitrogens is 1. The van der Waals surface area contributed by atoms with Gasteiger partial charge in [0.25, 0.3) is 0 Å². The van der Waals surface area contributed by atoms with Crippen molar-refractivity contribution in [3.05, 3.63) is 72.0 Å². The fourth-order valence-corrected chi connectivity index (χ4v) is 3.71. The molecule has 0 atom stereocenters. The van der Waals surface area contributed by atoms with E-state index in [1.54, 1.807) is 18.4 Å². The zero-order valence-electron chi connectivity index (χ0n) is 14.8. The first-order valence-corrected chi connectivity index (χ1v) is 9.37. The summed E-state index contributed by atoms with van der Waals surface area (Å²) in [5.41, 5.74) is 1.86. The number of hydrogen-bond donors (Lipinski definition) is 1. The molecule has 27 heavy (non-hydrogen) atoms. The van der Waals surface area contributed by atoms with Crippen LogP contribution in [0.1, 0.15) is 11.3 Å². The molecule has 2 aromatic carbocycles. The molecule has 0 saturated heterocycles. The third-order valence-corrected chi connectivity index (χ3v) is 5.18. The lowest BCUT2D eigenvalue weighted by Gasteiger charge is -2.05. The summed E-state index contributed by atoms with van der Waals surface area (Å²) in [6.07, 6.45) is 0.294. The summed E-state index contributed by atoms with van der Waals surface area (Å²) in [4.78, 5) is 16.8. The molecule has 0 saturated carbocycles. The summed E-state index contributed by atoms with van der Waals surface area (Å²) in [5.74, 6) is 2.09. The Morgan fingerprint density at radius 1 is 1.15 bits per heavy atom. The van der Waals surface area contributed by atoms with Gasteiger partial charge < -0.3 is 14.5 Å². The second kappa shape index (κ2) is 7.63. The smallest absolute Gasteiger partial charge is 0.224 e. The topological polar surface area (TPSA) is 64.4 Å². The maximum absolute atomic E-state index is 12.2. The highest BCUT2D eigenvalue weighted by Crippen LogP contribution is 2.31. The van der Waals surface area contributed by atoms with Crippen molar-refractivity contribution >= 4 is 27.5 Å². The number of amides is 1. The average molecular weight is 378 g/mol. The Bertz CT molecular complexity index is 1050. The maximum Gasteiger partial charge on any atom is 0.224 e. The summed E-state index contributed by atoms with van der Waals surface area (Å²) < 4.78 is 12.2. The Labute approximate surface area is 160 Å². The van der Waals surface area contributed by atoms with Gasteiger partial charge in [0.2, 0.25) is 5.91 Å². The standard InChI is InChI=1S/C21H18N2O3S/c1-25-15-6-4-5-14(11-15)12-20(24)22-13-16-9-10-18(26-16)21-23-17-7-2-3-8-19(17)27-21/h2-11H,12-13H2,1H3,(H,22,24). The number of carbonyl (C=O) groups is 1. The molecule has 0 aliphatic heterocycles. The molecule has 1 amide bonds. The van der Waals surface area contributed by atoms with E-state index in [-0.39, 0.29) is 5.91 Å². The van der Waals surface area contributed by atoms with Crippen LogP contribution in [0.2, 0.25) is 0 Å². The SMILES string of the molecule is COc1cccc(CC(=O)NCc2ccc(-c3nc4ccccc4s3)o2)c1. The summed E-state index contributed by atoms with van der Waals surface area (Å²) in [6, 6.07) is 19.2. The van der Waals surface area contributed by atoms with Crippen LogP contribution < -0.4 is 10.1 Å². The molecule has 1 N–H and O–H groups in total. The number of thiazole rings is 1. The number of benzene rings is 2. The van der Waals surface area contributed by atoms with Crippen LogP contribution >= 0.6 is 11.3 Å². The van der Waals surface area contributed by atoms with Crippen LogP contribution in [0.25, 0.3) is 21.0 Å². The molecular weight excluding hydrogens is 360 g/mol. The van der Waals surface area contributed by atoms with E-state index in [1.165, 1.54) is 0 Å². The number of hydrogen-bond acceptors (Lipinski definition) is 5. The van der Waals surface area contributed by atoms with Crippen molar-refractivity contribution in [1.82, 2.24) is 10.3 Å². The molecule has 0 radical (unpaired) electrons. The van der Waals surface area contributed by atoms with Crippen molar-refractivity contribution in [2.24, 2.45) is 0 Å². The van der Waals surface area contributed by atoms with E-state index in [9.17, 15) is 4.79 Å². The lowest BCUT2D eigenvalue weighted by molar-refractivity contribution is -0.120. The van der Waals surface area contributed by atoms with Crippen molar-refractivity contribution in [2.75, 3.05) is 7.11 Å². The van der Waals surface area contributed by atoms with Gasteiger partial charge in [-0.1, -0.05) is 24.3 Å². The molecular formula is C21H18N2O3S. The number of furan rings is 1. The van der Waals surface area contributed by atoms with E-state index in [0.29, 0.717) is 24.5 Å². The third kappa shape index (κ3) is 4.01. The number of nitrogens with zero attached hydrogens (tertiary/aromatic N) is 1. The normalized spacial score (nSPS) is 10.9. The number of ether oxygens (including phenoxy) is 1. The fourth-order valence-electron chi connectivity index (χ4n) is 2.78. The molecule has 0 aliphatic carbocycles. The Hall–Kier alpha value is -3.12. The first-order valence-electron chi connectivity index (χ1n) is 8.55. The van der Waals surface area contributed by atoms with Gasteiger partial charge in [-0.2, -0.15) is 0 Å². The molecule has 0 aliphatic rings. The Balaban J connectivity index is 1.38. The number of fused-ring (bicyclic) bond motifs is 1. The van der Waals surface area contributed by atoms with E-state index in [1.807, 2.05) is 60.7 Å². The van der Waals surface area contributed by atoms with Crippen molar-refractivity contribution in [1.29, 1.82) is 0 Å². The zero-order chi connectivity index (χ0) is 18.6. The van der Waals surface area contributed by atoms with Gasteiger partial charge in [0.15, 0.2) is 10.8 Å². The van der Waals surface area contributed by atoms with Crippen LogP contribution in [-0.4, -0.2) is 18.0 Å². The minimum Gasteiger partial charge on any atom is -0.497 e. The highest BCUT2D eigenvalue weighted by Gasteiger charge is 2.11. The molecule has 0 fully saturated rings. The lowest BCUT2D eigenvalue weighted by atomic mass is 10.1. The highest BCUT2D eigenvalue weighted by molar-refractivity contribution is 7.21. The monoisotopic (exact) mass is 378 g/mol. The van der Waals surface area contributed by atoms with Gasteiger partial charge in [-0.05, 0) is 42.0 Å². The Kier molecular flexibility index (Phi) is 4.89. The van der Waals surface area contributed by atoms with Crippen LogP contribution in [0, 0.1) is 0 Å². The van der Waals surface area contributed by atoms with Gasteiger partial charge in [-0.25, -0.2) is 4.98 Å². The molecule has 4 aromatic rings. The summed E-state index contributed by atoms with van der Waals surface area (Å²) in [6.45, 7) is 0.341. The summed E-state index contributed by atoms with van der Waals surface area (Å²) in [5, 5.41) is 3.72. The maximum atomic E-state index is 12.2. The molecule has 5 nitrogen and oxygen atoms in total. The van der Waals surface area contributed by atoms with Crippen molar-refractivity contribution in [3.8, 4) is 16.5 Å². The highest BCUT2D eigenvalue weighted by atomic mass is 32.1. The first-order chi connectivity index (χ1) is 13.2. The van der Waals surface area contributed by atoms with Gasteiger partial charge in [-0.15, -0.1) is 11.3 Å². The molecule has 2 aromatic heterocycles. The van der Waals surface area contributed by atoms with E-state index in [4.69, 9.17) is 9.15 Å². The lowest BCUT2D eigenvalue weighted by Crippen LogP contribution is -2.24. The minimum atomic E-state index is -0.0683. The molecule has 6 heteroatoms.